The van der Waals surface area contributed by atoms with Crippen molar-refractivity contribution in [2.24, 2.45) is 0 Å². The molecule has 26 heavy (non-hydrogen) atoms. The van der Waals surface area contributed by atoms with E-state index < -0.39 is 8.07 Å². The third kappa shape index (κ3) is 1.64. The Morgan fingerprint density at radius 2 is 1.54 bits per heavy atom. The average Bonchev–Trinajstić information content (AvgIpc) is 2.81. The third-order valence-electron chi connectivity index (χ3n) is 5.85. The first kappa shape index (κ1) is 14.3. The molecule has 0 saturated carbocycles. The van der Waals surface area contributed by atoms with Crippen molar-refractivity contribution in [1.82, 2.24) is 4.98 Å². The fraction of sp³-hybridized carbons (Fsp3) is 0.0870. The first-order chi connectivity index (χ1) is 12.6. The molecule has 0 radical (unpaired) electrons. The Kier molecular flexibility index (Phi) is 2.54. The molecule has 0 atom stereocenters. The van der Waals surface area contributed by atoms with Gasteiger partial charge in [-0.3, -0.25) is 0 Å². The lowest BCUT2D eigenvalue weighted by molar-refractivity contribution is 0.487. The zero-order valence-electron chi connectivity index (χ0n) is 14.7. The molecule has 2 aliphatic heterocycles. The molecular weight excluding hydrogens is 334 g/mol. The van der Waals surface area contributed by atoms with Crippen molar-refractivity contribution in [2.75, 3.05) is 0 Å². The van der Waals surface area contributed by atoms with E-state index in [0.29, 0.717) is 0 Å². The maximum absolute atomic E-state index is 6.46. The molecule has 3 heterocycles. The standard InChI is InChI=1S/C23H17NOSi/c1-26(2)19-11-5-8-15-21(19)22-17(10-6-12-20(22)26)25-18-13-14-7-3-4-9-16(14)24-23(15)18/h3-13H,1-2H3. The fourth-order valence-electron chi connectivity index (χ4n) is 4.57. The lowest BCUT2D eigenvalue weighted by Crippen LogP contribution is -2.49. The van der Waals surface area contributed by atoms with E-state index in [1.807, 2.05) is 12.1 Å². The van der Waals surface area contributed by atoms with Crippen LogP contribution in [-0.2, 0) is 0 Å². The second kappa shape index (κ2) is 4.62. The van der Waals surface area contributed by atoms with Crippen LogP contribution in [0.4, 0.5) is 0 Å². The van der Waals surface area contributed by atoms with Gasteiger partial charge < -0.3 is 4.74 Å². The predicted octanol–water partition coefficient (Wildman–Crippen LogP) is 4.81. The zero-order valence-corrected chi connectivity index (χ0v) is 15.7. The first-order valence-electron chi connectivity index (χ1n) is 9.00. The van der Waals surface area contributed by atoms with Crippen LogP contribution >= 0.6 is 0 Å². The normalized spacial score (nSPS) is 15.2. The molecule has 0 aliphatic carbocycles. The van der Waals surface area contributed by atoms with Gasteiger partial charge in [-0.15, -0.1) is 0 Å². The van der Waals surface area contributed by atoms with E-state index in [9.17, 15) is 0 Å². The van der Waals surface area contributed by atoms with Crippen molar-refractivity contribution >= 4 is 29.4 Å². The molecule has 2 nitrogen and oxygen atoms in total. The second-order valence-electron chi connectivity index (χ2n) is 7.66. The highest BCUT2D eigenvalue weighted by Crippen LogP contribution is 2.48. The highest BCUT2D eigenvalue weighted by molar-refractivity contribution is 7.04. The summed E-state index contributed by atoms with van der Waals surface area (Å²) in [6.07, 6.45) is 0. The summed E-state index contributed by atoms with van der Waals surface area (Å²) < 4.78 is 6.46. The molecule has 0 spiro atoms. The largest absolute Gasteiger partial charge is 0.454 e. The number of fused-ring (bicyclic) bond motifs is 3. The Bertz CT molecular complexity index is 1240. The maximum atomic E-state index is 6.46. The second-order valence-corrected chi connectivity index (χ2v) is 12.0. The van der Waals surface area contributed by atoms with Gasteiger partial charge >= 0.3 is 0 Å². The Labute approximate surface area is 153 Å². The van der Waals surface area contributed by atoms with Gasteiger partial charge in [-0.1, -0.05) is 61.6 Å². The monoisotopic (exact) mass is 351 g/mol. The number of hydrogen-bond acceptors (Lipinski definition) is 2. The van der Waals surface area contributed by atoms with E-state index in [0.717, 1.165) is 28.1 Å². The number of ether oxygens (including phenoxy) is 1. The van der Waals surface area contributed by atoms with E-state index in [2.05, 4.69) is 67.7 Å². The number of para-hydroxylation sites is 1. The molecule has 0 fully saturated rings. The maximum Gasteiger partial charge on any atom is 0.154 e. The summed E-state index contributed by atoms with van der Waals surface area (Å²) in [7, 11) is -1.71. The Balaban J connectivity index is 1.81. The van der Waals surface area contributed by atoms with Gasteiger partial charge in [-0.05, 0) is 34.1 Å². The van der Waals surface area contributed by atoms with Crippen molar-refractivity contribution in [2.45, 2.75) is 13.1 Å². The van der Waals surface area contributed by atoms with Crippen molar-refractivity contribution in [3.63, 3.8) is 0 Å². The summed E-state index contributed by atoms with van der Waals surface area (Å²) in [5, 5.41) is 4.06. The molecule has 2 aliphatic rings. The average molecular weight is 351 g/mol. The third-order valence-corrected chi connectivity index (χ3v) is 9.38. The van der Waals surface area contributed by atoms with Crippen LogP contribution in [0.5, 0.6) is 11.5 Å². The smallest absolute Gasteiger partial charge is 0.154 e. The predicted molar refractivity (Wildman–Crippen MR) is 109 cm³/mol. The number of hydrogen-bond donors (Lipinski definition) is 0. The Hall–Kier alpha value is -2.91. The summed E-state index contributed by atoms with van der Waals surface area (Å²) in [5.74, 6) is 1.81. The minimum atomic E-state index is -1.71. The molecule has 3 heteroatoms. The van der Waals surface area contributed by atoms with Gasteiger partial charge in [-0.2, -0.15) is 0 Å². The van der Waals surface area contributed by atoms with Crippen LogP contribution in [0.1, 0.15) is 0 Å². The van der Waals surface area contributed by atoms with Gasteiger partial charge in [0.15, 0.2) is 5.75 Å². The van der Waals surface area contributed by atoms with Crippen LogP contribution in [0.2, 0.25) is 13.1 Å². The van der Waals surface area contributed by atoms with Crippen LogP contribution in [0.15, 0.2) is 66.7 Å². The van der Waals surface area contributed by atoms with Crippen molar-refractivity contribution in [3.05, 3.63) is 66.7 Å². The van der Waals surface area contributed by atoms with Crippen LogP contribution in [0, 0.1) is 0 Å². The van der Waals surface area contributed by atoms with E-state index >= 15 is 0 Å². The van der Waals surface area contributed by atoms with Crippen molar-refractivity contribution in [3.8, 4) is 33.9 Å². The highest BCUT2D eigenvalue weighted by atomic mass is 28.3. The summed E-state index contributed by atoms with van der Waals surface area (Å²) in [6, 6.07) is 23.6. The molecule has 4 aromatic rings. The number of rotatable bonds is 0. The molecule has 0 amide bonds. The van der Waals surface area contributed by atoms with Gasteiger partial charge in [0, 0.05) is 16.5 Å². The minimum absolute atomic E-state index is 0.847. The Morgan fingerprint density at radius 1 is 0.769 bits per heavy atom. The molecule has 0 unspecified atom stereocenters. The van der Waals surface area contributed by atoms with E-state index in [-0.39, 0.29) is 0 Å². The molecule has 1 aromatic heterocycles. The van der Waals surface area contributed by atoms with Crippen LogP contribution in [-0.4, -0.2) is 13.1 Å². The molecule has 6 rings (SSSR count). The molecule has 0 N–H and O–H groups in total. The SMILES string of the molecule is C[Si]1(C)c2cccc3c2-c2c(cccc21)-c1nc2ccccc2cc1O3. The fourth-order valence-corrected chi connectivity index (χ4v) is 7.64. The quantitative estimate of drug-likeness (QED) is 0.374. The molecule has 0 bridgehead atoms. The first-order valence-corrected chi connectivity index (χ1v) is 12.0. The summed E-state index contributed by atoms with van der Waals surface area (Å²) in [5.41, 5.74) is 5.79. The summed E-state index contributed by atoms with van der Waals surface area (Å²) >= 11 is 0. The summed E-state index contributed by atoms with van der Waals surface area (Å²) in [4.78, 5) is 5.00. The van der Waals surface area contributed by atoms with Gasteiger partial charge in [-0.25, -0.2) is 4.98 Å². The molecule has 0 saturated heterocycles. The number of aromatic nitrogens is 1. The van der Waals surface area contributed by atoms with E-state index in [1.54, 1.807) is 0 Å². The van der Waals surface area contributed by atoms with Crippen LogP contribution in [0.3, 0.4) is 0 Å². The molecule has 3 aromatic carbocycles. The van der Waals surface area contributed by atoms with Gasteiger partial charge in [0.1, 0.15) is 19.5 Å². The molecular formula is C23H17NOSi. The van der Waals surface area contributed by atoms with Crippen LogP contribution < -0.4 is 15.1 Å². The minimum Gasteiger partial charge on any atom is -0.454 e. The topological polar surface area (TPSA) is 22.1 Å². The van der Waals surface area contributed by atoms with Gasteiger partial charge in [0.05, 0.1) is 5.52 Å². The lowest BCUT2D eigenvalue weighted by atomic mass is 9.97. The number of benzene rings is 3. The van der Waals surface area contributed by atoms with Gasteiger partial charge in [0.25, 0.3) is 0 Å². The zero-order chi connectivity index (χ0) is 17.5. The van der Waals surface area contributed by atoms with Crippen LogP contribution in [0.25, 0.3) is 33.3 Å². The highest BCUT2D eigenvalue weighted by Gasteiger charge is 2.42. The summed E-state index contributed by atoms with van der Waals surface area (Å²) in [6.45, 7) is 4.86. The Morgan fingerprint density at radius 3 is 2.42 bits per heavy atom. The van der Waals surface area contributed by atoms with Gasteiger partial charge in [0.2, 0.25) is 0 Å². The van der Waals surface area contributed by atoms with Crippen molar-refractivity contribution in [1.29, 1.82) is 0 Å². The van der Waals surface area contributed by atoms with E-state index in [1.165, 1.54) is 27.1 Å². The van der Waals surface area contributed by atoms with Crippen molar-refractivity contribution < 1.29 is 4.74 Å². The lowest BCUT2D eigenvalue weighted by Gasteiger charge is -2.20. The van der Waals surface area contributed by atoms with E-state index in [4.69, 9.17) is 9.72 Å². The molecule has 124 valence electrons. The number of pyridine rings is 1. The number of nitrogens with zero attached hydrogens (tertiary/aromatic N) is 1.